The molecule has 0 heterocycles. The molecule has 0 aliphatic heterocycles. The Morgan fingerprint density at radius 2 is 1.67 bits per heavy atom. The van der Waals surface area contributed by atoms with E-state index in [1.54, 1.807) is 0 Å². The van der Waals surface area contributed by atoms with Crippen molar-refractivity contribution in [2.75, 3.05) is 0 Å². The van der Waals surface area contributed by atoms with Crippen molar-refractivity contribution in [2.24, 2.45) is 0 Å². The Morgan fingerprint density at radius 1 is 1.17 bits per heavy atom. The molecule has 0 aliphatic carbocycles. The van der Waals surface area contributed by atoms with Crippen LogP contribution in [0.4, 0.5) is 0 Å². The molecule has 0 N–H and O–H groups in total. The van der Waals surface area contributed by atoms with Crippen molar-refractivity contribution in [3.63, 3.8) is 0 Å². The van der Waals surface area contributed by atoms with Gasteiger partial charge in [0.25, 0.3) is 0 Å². The summed E-state index contributed by atoms with van der Waals surface area (Å²) >= 11 is 2.10. The first-order valence-electron chi connectivity index (χ1n) is 3.76. The van der Waals surface area contributed by atoms with Gasteiger partial charge in [-0.05, 0) is 26.0 Å². The summed E-state index contributed by atoms with van der Waals surface area (Å²) in [6.07, 6.45) is 0.266. The molecule has 68 valence electrons. The van der Waals surface area contributed by atoms with E-state index in [1.807, 2.05) is 44.2 Å². The Labute approximate surface area is 84.0 Å². The Bertz CT molecular complexity index is 196. The van der Waals surface area contributed by atoms with Gasteiger partial charge in [-0.25, -0.2) is 0 Å². The third kappa shape index (κ3) is 5.20. The molecular formula is C10H14ORu. The molecule has 1 aromatic rings. The summed E-state index contributed by atoms with van der Waals surface area (Å²) in [5, 5.41) is 3.18. The Hall–Kier alpha value is -0.487. The minimum atomic E-state index is 0.266. The maximum absolute atomic E-state index is 5.41. The van der Waals surface area contributed by atoms with Gasteiger partial charge in [0.1, 0.15) is 5.75 Å². The van der Waals surface area contributed by atoms with E-state index in [0.717, 1.165) is 5.75 Å². The van der Waals surface area contributed by atoms with Crippen LogP contribution in [0.3, 0.4) is 0 Å². The molecule has 0 aliphatic rings. The molecule has 0 bridgehead atoms. The van der Waals surface area contributed by atoms with Crippen LogP contribution in [-0.2, 0) is 17.9 Å². The first kappa shape index (κ1) is 11.5. The van der Waals surface area contributed by atoms with Gasteiger partial charge in [0.2, 0.25) is 0 Å². The molecule has 0 aromatic heterocycles. The molecule has 1 nitrogen and oxygen atoms in total. The van der Waals surface area contributed by atoms with Gasteiger partial charge in [0, 0.05) is 0 Å². The number of para-hydroxylation sites is 1. The molecule has 0 saturated heterocycles. The summed E-state index contributed by atoms with van der Waals surface area (Å²) < 4.78 is 5.41. The average molecular weight is 251 g/mol. The van der Waals surface area contributed by atoms with E-state index in [4.69, 9.17) is 4.74 Å². The zero-order chi connectivity index (χ0) is 9.40. The second kappa shape index (κ2) is 7.18. The van der Waals surface area contributed by atoms with E-state index in [0.29, 0.717) is 0 Å². The van der Waals surface area contributed by atoms with Crippen molar-refractivity contribution in [2.45, 2.75) is 20.0 Å². The fourth-order valence-electron chi connectivity index (χ4n) is 0.771. The normalized spacial score (nSPS) is 8.67. The van der Waals surface area contributed by atoms with E-state index in [9.17, 15) is 0 Å². The molecule has 0 atom stereocenters. The van der Waals surface area contributed by atoms with Gasteiger partial charge in [-0.2, -0.15) is 0 Å². The molecule has 1 aromatic carbocycles. The van der Waals surface area contributed by atoms with Gasteiger partial charge in [0.15, 0.2) is 0 Å². The van der Waals surface area contributed by atoms with Gasteiger partial charge in [-0.1, -0.05) is 18.2 Å². The van der Waals surface area contributed by atoms with Crippen LogP contribution in [0.5, 0.6) is 5.75 Å². The van der Waals surface area contributed by atoms with Crippen molar-refractivity contribution >= 4 is 5.11 Å². The van der Waals surface area contributed by atoms with Crippen molar-refractivity contribution in [3.8, 4) is 5.75 Å². The Balaban J connectivity index is 0.000000561. The van der Waals surface area contributed by atoms with Gasteiger partial charge >= 0.3 is 23.0 Å². The molecule has 0 amide bonds. The van der Waals surface area contributed by atoms with Crippen LogP contribution in [0.25, 0.3) is 0 Å². The number of hydrogen-bond acceptors (Lipinski definition) is 1. The number of ether oxygens (including phenoxy) is 1. The monoisotopic (exact) mass is 252 g/mol. The molecule has 0 saturated carbocycles. The van der Waals surface area contributed by atoms with E-state index >= 15 is 0 Å². The van der Waals surface area contributed by atoms with Crippen LogP contribution in [-0.4, -0.2) is 11.2 Å². The molecular weight excluding hydrogens is 237 g/mol. The zero-order valence-corrected chi connectivity index (χ0v) is 9.17. The van der Waals surface area contributed by atoms with Gasteiger partial charge in [-0.3, -0.25) is 0 Å². The van der Waals surface area contributed by atoms with Gasteiger partial charge in [0.05, 0.1) is 6.10 Å². The van der Waals surface area contributed by atoms with Crippen LogP contribution in [0.1, 0.15) is 13.8 Å². The van der Waals surface area contributed by atoms with Crippen molar-refractivity contribution in [3.05, 3.63) is 30.3 Å². The van der Waals surface area contributed by atoms with Crippen LogP contribution in [0, 0.1) is 0 Å². The summed E-state index contributed by atoms with van der Waals surface area (Å²) in [6, 6.07) is 9.84. The van der Waals surface area contributed by atoms with Crippen molar-refractivity contribution in [1.29, 1.82) is 0 Å². The maximum atomic E-state index is 5.41. The fourth-order valence-corrected chi connectivity index (χ4v) is 0.771. The standard InChI is InChI=1S/C9H12O.CH2.Ru/c1-8(2)10-9-6-4-3-5-7-9;;/h3-8H,1-2H3;1H2;. The number of hydrogen-bond donors (Lipinski definition) is 0. The second-order valence-electron chi connectivity index (χ2n) is 2.48. The predicted octanol–water partition coefficient (Wildman–Crippen LogP) is 2.44. The SMILES string of the molecule is CC(C)Oc1ccccc1.[CH2]=[Ru]. The van der Waals surface area contributed by atoms with E-state index in [2.05, 4.69) is 23.0 Å². The summed E-state index contributed by atoms with van der Waals surface area (Å²) in [5.74, 6) is 0.942. The number of benzene rings is 1. The molecule has 2 heteroatoms. The molecule has 12 heavy (non-hydrogen) atoms. The Morgan fingerprint density at radius 3 is 2.08 bits per heavy atom. The van der Waals surface area contributed by atoms with Crippen LogP contribution < -0.4 is 4.74 Å². The van der Waals surface area contributed by atoms with Crippen LogP contribution >= 0.6 is 0 Å². The summed E-state index contributed by atoms with van der Waals surface area (Å²) in [6.45, 7) is 4.04. The minimum absolute atomic E-state index is 0.266. The third-order valence-electron chi connectivity index (χ3n) is 1.11. The molecule has 0 spiro atoms. The zero-order valence-electron chi connectivity index (χ0n) is 7.43. The van der Waals surface area contributed by atoms with Crippen LogP contribution in [0.2, 0.25) is 0 Å². The molecule has 1 rings (SSSR count). The van der Waals surface area contributed by atoms with Gasteiger partial charge < -0.3 is 4.74 Å². The fraction of sp³-hybridized carbons (Fsp3) is 0.300. The number of rotatable bonds is 2. The quantitative estimate of drug-likeness (QED) is 0.734. The summed E-state index contributed by atoms with van der Waals surface area (Å²) in [5.41, 5.74) is 0. The first-order chi connectivity index (χ1) is 5.79. The van der Waals surface area contributed by atoms with Crippen molar-refractivity contribution < 1.29 is 22.6 Å². The van der Waals surface area contributed by atoms with Crippen molar-refractivity contribution in [1.82, 2.24) is 0 Å². The topological polar surface area (TPSA) is 9.23 Å². The summed E-state index contributed by atoms with van der Waals surface area (Å²) in [4.78, 5) is 0. The first-order valence-corrected chi connectivity index (χ1v) is 4.98. The second-order valence-corrected chi connectivity index (χ2v) is 2.48. The third-order valence-corrected chi connectivity index (χ3v) is 1.11. The van der Waals surface area contributed by atoms with E-state index in [1.165, 1.54) is 0 Å². The van der Waals surface area contributed by atoms with Gasteiger partial charge in [-0.15, -0.1) is 0 Å². The molecule has 0 fully saturated rings. The van der Waals surface area contributed by atoms with E-state index < -0.39 is 0 Å². The summed E-state index contributed by atoms with van der Waals surface area (Å²) in [7, 11) is 0. The molecule has 0 radical (unpaired) electrons. The Kier molecular flexibility index (Phi) is 6.89. The van der Waals surface area contributed by atoms with Crippen LogP contribution in [0.15, 0.2) is 30.3 Å². The predicted molar refractivity (Wildman–Crippen MR) is 49.3 cm³/mol. The van der Waals surface area contributed by atoms with E-state index in [-0.39, 0.29) is 6.10 Å². The molecule has 0 unspecified atom stereocenters. The average Bonchev–Trinajstić information content (AvgIpc) is 2.08.